The van der Waals surface area contributed by atoms with E-state index in [-0.39, 0.29) is 18.2 Å². The Kier molecular flexibility index (Phi) is 5.83. The van der Waals surface area contributed by atoms with Gasteiger partial charge in [-0.25, -0.2) is 0 Å². The lowest BCUT2D eigenvalue weighted by Crippen LogP contribution is -2.30. The first-order valence-corrected chi connectivity index (χ1v) is 8.14. The van der Waals surface area contributed by atoms with Crippen molar-refractivity contribution in [1.29, 1.82) is 0 Å². The number of rotatable bonds is 5. The van der Waals surface area contributed by atoms with Crippen LogP contribution in [0.15, 0.2) is 18.2 Å². The molecule has 1 aliphatic carbocycles. The van der Waals surface area contributed by atoms with Gasteiger partial charge >= 0.3 is 5.97 Å². The van der Waals surface area contributed by atoms with Crippen LogP contribution in [0, 0.1) is 18.8 Å². The van der Waals surface area contributed by atoms with Crippen molar-refractivity contribution in [1.82, 2.24) is 0 Å². The summed E-state index contributed by atoms with van der Waals surface area (Å²) in [4.78, 5) is 23.7. The van der Waals surface area contributed by atoms with Gasteiger partial charge in [0.15, 0.2) is 0 Å². The van der Waals surface area contributed by atoms with Gasteiger partial charge in [0.05, 0.1) is 5.92 Å². The van der Waals surface area contributed by atoms with Crippen LogP contribution in [0.4, 0.5) is 5.69 Å². The SMILES string of the molecule is Cc1cc(Cl)ccc1NC(=O)CC(C(=O)O)C1CCCCC1. The molecule has 1 saturated carbocycles. The lowest BCUT2D eigenvalue weighted by molar-refractivity contribution is -0.146. The molecule has 0 aliphatic heterocycles. The molecule has 1 aromatic rings. The number of aliphatic carboxylic acids is 1. The first kappa shape index (κ1) is 16.8. The van der Waals surface area contributed by atoms with Gasteiger partial charge in [0.1, 0.15) is 0 Å². The lowest BCUT2D eigenvalue weighted by Gasteiger charge is -2.27. The summed E-state index contributed by atoms with van der Waals surface area (Å²) in [6, 6.07) is 5.22. The number of carboxylic acids is 1. The highest BCUT2D eigenvalue weighted by Gasteiger charge is 2.31. The smallest absolute Gasteiger partial charge is 0.307 e. The van der Waals surface area contributed by atoms with E-state index in [1.165, 1.54) is 6.42 Å². The number of anilines is 1. The average molecular weight is 324 g/mol. The molecular weight excluding hydrogens is 302 g/mol. The third kappa shape index (κ3) is 4.47. The van der Waals surface area contributed by atoms with Crippen LogP contribution in [0.3, 0.4) is 0 Å². The van der Waals surface area contributed by atoms with Gasteiger partial charge < -0.3 is 10.4 Å². The normalized spacial score (nSPS) is 17.0. The van der Waals surface area contributed by atoms with Crippen LogP contribution in [0.25, 0.3) is 0 Å². The minimum absolute atomic E-state index is 0.0298. The van der Waals surface area contributed by atoms with Crippen molar-refractivity contribution in [2.45, 2.75) is 45.4 Å². The molecule has 1 unspecified atom stereocenters. The van der Waals surface area contributed by atoms with Crippen molar-refractivity contribution in [3.05, 3.63) is 28.8 Å². The van der Waals surface area contributed by atoms with E-state index in [1.807, 2.05) is 6.92 Å². The van der Waals surface area contributed by atoms with E-state index in [2.05, 4.69) is 5.32 Å². The van der Waals surface area contributed by atoms with Crippen molar-refractivity contribution >= 4 is 29.2 Å². The molecule has 0 heterocycles. The number of nitrogens with one attached hydrogen (secondary N) is 1. The van der Waals surface area contributed by atoms with E-state index in [1.54, 1.807) is 18.2 Å². The molecule has 1 aromatic carbocycles. The van der Waals surface area contributed by atoms with Gasteiger partial charge in [-0.15, -0.1) is 0 Å². The number of carboxylic acid groups (broad SMARTS) is 1. The molecular formula is C17H22ClNO3. The zero-order valence-corrected chi connectivity index (χ0v) is 13.5. The summed E-state index contributed by atoms with van der Waals surface area (Å²) >= 11 is 5.89. The van der Waals surface area contributed by atoms with Crippen LogP contribution in [0.1, 0.15) is 44.1 Å². The summed E-state index contributed by atoms with van der Waals surface area (Å²) < 4.78 is 0. The second-order valence-corrected chi connectivity index (χ2v) is 6.49. The molecule has 0 spiro atoms. The van der Waals surface area contributed by atoms with Gasteiger partial charge in [-0.1, -0.05) is 30.9 Å². The van der Waals surface area contributed by atoms with Gasteiger partial charge in [-0.05, 0) is 49.4 Å². The number of benzene rings is 1. The summed E-state index contributed by atoms with van der Waals surface area (Å²) in [7, 11) is 0. The third-order valence-corrected chi connectivity index (χ3v) is 4.64. The molecule has 2 rings (SSSR count). The summed E-state index contributed by atoms with van der Waals surface area (Å²) in [5, 5.41) is 12.8. The second-order valence-electron chi connectivity index (χ2n) is 6.05. The molecule has 1 amide bonds. The summed E-state index contributed by atoms with van der Waals surface area (Å²) in [5.41, 5.74) is 1.55. The Bertz CT molecular complexity index is 553. The fourth-order valence-corrected chi connectivity index (χ4v) is 3.39. The summed E-state index contributed by atoms with van der Waals surface area (Å²) in [5.74, 6) is -1.59. The van der Waals surface area contributed by atoms with E-state index in [4.69, 9.17) is 11.6 Å². The molecule has 0 aromatic heterocycles. The second kappa shape index (κ2) is 7.63. The molecule has 1 aliphatic rings. The fourth-order valence-electron chi connectivity index (χ4n) is 3.16. The Morgan fingerprint density at radius 2 is 2.00 bits per heavy atom. The monoisotopic (exact) mass is 323 g/mol. The standard InChI is InChI=1S/C17H22ClNO3/c1-11-9-13(18)7-8-15(11)19-16(20)10-14(17(21)22)12-5-3-2-4-6-12/h7-9,12,14H,2-6,10H2,1H3,(H,19,20)(H,21,22). The fraction of sp³-hybridized carbons (Fsp3) is 0.529. The van der Waals surface area contributed by atoms with Crippen LogP contribution >= 0.6 is 11.6 Å². The minimum atomic E-state index is -0.866. The number of carbonyl (C=O) groups excluding carboxylic acids is 1. The maximum atomic E-state index is 12.2. The van der Waals surface area contributed by atoms with Crippen molar-refractivity contribution in [3.63, 3.8) is 0 Å². The third-order valence-electron chi connectivity index (χ3n) is 4.40. The Labute approximate surface area is 135 Å². The van der Waals surface area contributed by atoms with E-state index in [9.17, 15) is 14.7 Å². The Hall–Kier alpha value is -1.55. The zero-order valence-electron chi connectivity index (χ0n) is 12.8. The molecule has 0 saturated heterocycles. The topological polar surface area (TPSA) is 66.4 Å². The molecule has 1 fully saturated rings. The number of halogens is 1. The predicted octanol–water partition coefficient (Wildman–Crippen LogP) is 4.26. The van der Waals surface area contributed by atoms with E-state index < -0.39 is 11.9 Å². The first-order chi connectivity index (χ1) is 10.5. The van der Waals surface area contributed by atoms with E-state index >= 15 is 0 Å². The van der Waals surface area contributed by atoms with Crippen molar-refractivity contribution < 1.29 is 14.7 Å². The molecule has 5 heteroatoms. The van der Waals surface area contributed by atoms with Crippen LogP contribution < -0.4 is 5.32 Å². The number of hydrogen-bond donors (Lipinski definition) is 2. The average Bonchev–Trinajstić information content (AvgIpc) is 2.48. The molecule has 0 bridgehead atoms. The van der Waals surface area contributed by atoms with Gasteiger partial charge in [-0.2, -0.15) is 0 Å². The van der Waals surface area contributed by atoms with Crippen LogP contribution in [0.5, 0.6) is 0 Å². The number of aryl methyl sites for hydroxylation is 1. The molecule has 120 valence electrons. The van der Waals surface area contributed by atoms with Gasteiger partial charge in [-0.3, -0.25) is 9.59 Å². The highest BCUT2D eigenvalue weighted by molar-refractivity contribution is 6.30. The maximum Gasteiger partial charge on any atom is 0.307 e. The molecule has 0 radical (unpaired) electrons. The number of carbonyl (C=O) groups is 2. The van der Waals surface area contributed by atoms with Crippen LogP contribution in [0.2, 0.25) is 5.02 Å². The Morgan fingerprint density at radius 3 is 2.59 bits per heavy atom. The minimum Gasteiger partial charge on any atom is -0.481 e. The van der Waals surface area contributed by atoms with Crippen LogP contribution in [-0.2, 0) is 9.59 Å². The number of hydrogen-bond acceptors (Lipinski definition) is 2. The van der Waals surface area contributed by atoms with Crippen molar-refractivity contribution in [2.24, 2.45) is 11.8 Å². The van der Waals surface area contributed by atoms with Gasteiger partial charge in [0.2, 0.25) is 5.91 Å². The van der Waals surface area contributed by atoms with E-state index in [0.717, 1.165) is 31.2 Å². The molecule has 2 N–H and O–H groups in total. The highest BCUT2D eigenvalue weighted by atomic mass is 35.5. The van der Waals surface area contributed by atoms with Gasteiger partial charge in [0, 0.05) is 17.1 Å². The highest BCUT2D eigenvalue weighted by Crippen LogP contribution is 2.32. The Morgan fingerprint density at radius 1 is 1.32 bits per heavy atom. The Balaban J connectivity index is 2.00. The van der Waals surface area contributed by atoms with Crippen LogP contribution in [-0.4, -0.2) is 17.0 Å². The predicted molar refractivity (Wildman–Crippen MR) is 87.1 cm³/mol. The first-order valence-electron chi connectivity index (χ1n) is 7.76. The number of amides is 1. The summed E-state index contributed by atoms with van der Waals surface area (Å²) in [6.07, 6.45) is 5.13. The molecule has 22 heavy (non-hydrogen) atoms. The van der Waals surface area contributed by atoms with E-state index in [0.29, 0.717) is 10.7 Å². The maximum absolute atomic E-state index is 12.2. The largest absolute Gasteiger partial charge is 0.481 e. The lowest BCUT2D eigenvalue weighted by atomic mass is 9.78. The quantitative estimate of drug-likeness (QED) is 0.850. The molecule has 4 nitrogen and oxygen atoms in total. The summed E-state index contributed by atoms with van der Waals surface area (Å²) in [6.45, 7) is 1.86. The van der Waals surface area contributed by atoms with Crippen molar-refractivity contribution in [3.8, 4) is 0 Å². The molecule has 1 atom stereocenters. The van der Waals surface area contributed by atoms with Crippen molar-refractivity contribution in [2.75, 3.05) is 5.32 Å². The zero-order chi connectivity index (χ0) is 16.1. The van der Waals surface area contributed by atoms with Gasteiger partial charge in [0.25, 0.3) is 0 Å².